The van der Waals surface area contributed by atoms with Crippen LogP contribution in [0.4, 0.5) is 0 Å². The van der Waals surface area contributed by atoms with Crippen LogP contribution in [-0.4, -0.2) is 44.8 Å². The summed E-state index contributed by atoms with van der Waals surface area (Å²) in [5, 5.41) is 5.73. The van der Waals surface area contributed by atoms with E-state index in [2.05, 4.69) is 28.6 Å². The van der Waals surface area contributed by atoms with Gasteiger partial charge in [-0.2, -0.15) is 0 Å². The van der Waals surface area contributed by atoms with Crippen LogP contribution in [0.5, 0.6) is 0 Å². The molecule has 1 N–H and O–H groups in total. The smallest absolute Gasteiger partial charge is 0.0491 e. The van der Waals surface area contributed by atoms with E-state index in [0.29, 0.717) is 0 Å². The maximum Gasteiger partial charge on any atom is 0.0491 e. The fourth-order valence-corrected chi connectivity index (χ4v) is 3.51. The summed E-state index contributed by atoms with van der Waals surface area (Å²) < 4.78 is 5.24. The zero-order valence-corrected chi connectivity index (χ0v) is 13.0. The van der Waals surface area contributed by atoms with Gasteiger partial charge in [-0.25, -0.2) is 0 Å². The molecule has 0 spiro atoms. The van der Waals surface area contributed by atoms with Crippen LogP contribution in [0.25, 0.3) is 0 Å². The van der Waals surface area contributed by atoms with Crippen LogP contribution in [-0.2, 0) is 11.3 Å². The van der Waals surface area contributed by atoms with Gasteiger partial charge in [0, 0.05) is 38.2 Å². The van der Waals surface area contributed by atoms with E-state index in [4.69, 9.17) is 4.74 Å². The van der Waals surface area contributed by atoms with Crippen molar-refractivity contribution in [3.05, 3.63) is 21.9 Å². The van der Waals surface area contributed by atoms with Gasteiger partial charge in [0.15, 0.2) is 0 Å². The number of hydrogen-bond acceptors (Lipinski definition) is 4. The first-order valence-corrected chi connectivity index (χ1v) is 8.12. The molecular formula is C15H26N2OS. The number of aryl methyl sites for hydroxylation is 1. The average Bonchev–Trinajstić information content (AvgIpc) is 2.83. The van der Waals surface area contributed by atoms with Gasteiger partial charge in [0.05, 0.1) is 0 Å². The van der Waals surface area contributed by atoms with Gasteiger partial charge in [0.2, 0.25) is 0 Å². The zero-order chi connectivity index (χ0) is 13.5. The summed E-state index contributed by atoms with van der Waals surface area (Å²) in [6.07, 6.45) is 2.58. The van der Waals surface area contributed by atoms with Crippen molar-refractivity contribution in [2.24, 2.45) is 5.92 Å². The highest BCUT2D eigenvalue weighted by atomic mass is 32.1. The standard InChI is InChI=1S/C15H26N2OS/c1-13-5-10-19-15(13)11-16-6-9-17-7-3-14(4-8-17)12-18-2/h5,10,14,16H,3-4,6-9,11-12H2,1-2H3. The van der Waals surface area contributed by atoms with E-state index in [0.717, 1.165) is 25.6 Å². The third kappa shape index (κ3) is 4.88. The molecule has 0 radical (unpaired) electrons. The highest BCUT2D eigenvalue weighted by molar-refractivity contribution is 7.10. The predicted molar refractivity (Wildman–Crippen MR) is 81.8 cm³/mol. The molecule has 108 valence electrons. The quantitative estimate of drug-likeness (QED) is 0.778. The number of piperidine rings is 1. The Bertz CT molecular complexity index is 359. The fourth-order valence-electron chi connectivity index (χ4n) is 2.64. The van der Waals surface area contributed by atoms with Gasteiger partial charge in [-0.3, -0.25) is 0 Å². The molecule has 0 aliphatic carbocycles. The lowest BCUT2D eigenvalue weighted by atomic mass is 9.98. The van der Waals surface area contributed by atoms with Crippen molar-refractivity contribution >= 4 is 11.3 Å². The van der Waals surface area contributed by atoms with E-state index < -0.39 is 0 Å². The van der Waals surface area contributed by atoms with E-state index >= 15 is 0 Å². The Kier molecular flexibility index (Phi) is 6.31. The maximum absolute atomic E-state index is 5.24. The van der Waals surface area contributed by atoms with E-state index in [-0.39, 0.29) is 0 Å². The summed E-state index contributed by atoms with van der Waals surface area (Å²) in [5.41, 5.74) is 1.41. The number of nitrogens with one attached hydrogen (secondary N) is 1. The topological polar surface area (TPSA) is 24.5 Å². The SMILES string of the molecule is COCC1CCN(CCNCc2sccc2C)CC1. The number of nitrogens with zero attached hydrogens (tertiary/aromatic N) is 1. The first-order valence-electron chi connectivity index (χ1n) is 7.24. The van der Waals surface area contributed by atoms with Crippen LogP contribution >= 0.6 is 11.3 Å². The molecule has 0 saturated carbocycles. The molecular weight excluding hydrogens is 256 g/mol. The van der Waals surface area contributed by atoms with Crippen LogP contribution < -0.4 is 5.32 Å². The number of ether oxygens (including phenoxy) is 1. The molecule has 1 aliphatic rings. The first kappa shape index (κ1) is 15.0. The average molecular weight is 282 g/mol. The summed E-state index contributed by atoms with van der Waals surface area (Å²) in [5.74, 6) is 0.781. The molecule has 0 bridgehead atoms. The fraction of sp³-hybridized carbons (Fsp3) is 0.733. The lowest BCUT2D eigenvalue weighted by Crippen LogP contribution is -2.39. The Labute approximate surface area is 121 Å². The Morgan fingerprint density at radius 3 is 2.84 bits per heavy atom. The Balaban J connectivity index is 1.56. The largest absolute Gasteiger partial charge is 0.384 e. The molecule has 0 atom stereocenters. The second kappa shape index (κ2) is 8.00. The molecule has 4 heteroatoms. The van der Waals surface area contributed by atoms with Crippen LogP contribution in [0.1, 0.15) is 23.3 Å². The lowest BCUT2D eigenvalue weighted by molar-refractivity contribution is 0.0998. The molecule has 1 fully saturated rings. The maximum atomic E-state index is 5.24. The third-order valence-electron chi connectivity index (χ3n) is 3.97. The second-order valence-electron chi connectivity index (χ2n) is 5.44. The summed E-state index contributed by atoms with van der Waals surface area (Å²) in [6, 6.07) is 2.20. The number of hydrogen-bond donors (Lipinski definition) is 1. The number of methoxy groups -OCH3 is 1. The summed E-state index contributed by atoms with van der Waals surface area (Å²) in [4.78, 5) is 4.04. The molecule has 0 amide bonds. The monoisotopic (exact) mass is 282 g/mol. The van der Waals surface area contributed by atoms with Crippen molar-refractivity contribution < 1.29 is 4.74 Å². The Morgan fingerprint density at radius 2 is 2.21 bits per heavy atom. The summed E-state index contributed by atoms with van der Waals surface area (Å²) in [6.45, 7) is 8.86. The van der Waals surface area contributed by atoms with Crippen LogP contribution in [0.2, 0.25) is 0 Å². The normalized spacial score (nSPS) is 18.0. The van der Waals surface area contributed by atoms with Gasteiger partial charge < -0.3 is 15.0 Å². The highest BCUT2D eigenvalue weighted by Gasteiger charge is 2.18. The van der Waals surface area contributed by atoms with Crippen LogP contribution in [0, 0.1) is 12.8 Å². The molecule has 1 aliphatic heterocycles. The molecule has 2 heterocycles. The van der Waals surface area contributed by atoms with E-state index in [9.17, 15) is 0 Å². The molecule has 1 aromatic heterocycles. The Morgan fingerprint density at radius 1 is 1.42 bits per heavy atom. The number of thiophene rings is 1. The second-order valence-corrected chi connectivity index (χ2v) is 6.44. The molecule has 1 aromatic rings. The van der Waals surface area contributed by atoms with E-state index in [1.807, 2.05) is 18.4 Å². The van der Waals surface area contributed by atoms with Crippen molar-refractivity contribution in [1.82, 2.24) is 10.2 Å². The van der Waals surface area contributed by atoms with Crippen molar-refractivity contribution in [2.45, 2.75) is 26.3 Å². The van der Waals surface area contributed by atoms with Crippen molar-refractivity contribution in [3.63, 3.8) is 0 Å². The third-order valence-corrected chi connectivity index (χ3v) is 4.99. The van der Waals surface area contributed by atoms with Crippen LogP contribution in [0.3, 0.4) is 0 Å². The van der Waals surface area contributed by atoms with Gasteiger partial charge in [-0.1, -0.05) is 0 Å². The number of likely N-dealkylation sites (tertiary alicyclic amines) is 1. The zero-order valence-electron chi connectivity index (χ0n) is 12.2. The molecule has 0 aromatic carbocycles. The van der Waals surface area contributed by atoms with Gasteiger partial charge in [-0.05, 0) is 55.8 Å². The molecule has 0 unspecified atom stereocenters. The molecule has 2 rings (SSSR count). The molecule has 1 saturated heterocycles. The summed E-state index contributed by atoms with van der Waals surface area (Å²) >= 11 is 1.85. The van der Waals surface area contributed by atoms with Gasteiger partial charge >= 0.3 is 0 Å². The number of rotatable bonds is 7. The minimum Gasteiger partial charge on any atom is -0.384 e. The molecule has 19 heavy (non-hydrogen) atoms. The van der Waals surface area contributed by atoms with Crippen LogP contribution in [0.15, 0.2) is 11.4 Å². The molecule has 3 nitrogen and oxygen atoms in total. The Hall–Kier alpha value is -0.420. The van der Waals surface area contributed by atoms with E-state index in [1.165, 1.54) is 42.9 Å². The van der Waals surface area contributed by atoms with Gasteiger partial charge in [-0.15, -0.1) is 11.3 Å². The van der Waals surface area contributed by atoms with Gasteiger partial charge in [0.25, 0.3) is 0 Å². The highest BCUT2D eigenvalue weighted by Crippen LogP contribution is 2.17. The van der Waals surface area contributed by atoms with E-state index in [1.54, 1.807) is 0 Å². The van der Waals surface area contributed by atoms with Crippen molar-refractivity contribution in [2.75, 3.05) is 39.9 Å². The first-order chi connectivity index (χ1) is 9.29. The van der Waals surface area contributed by atoms with Crippen molar-refractivity contribution in [1.29, 1.82) is 0 Å². The lowest BCUT2D eigenvalue weighted by Gasteiger charge is -2.31. The minimum absolute atomic E-state index is 0.781. The van der Waals surface area contributed by atoms with Crippen molar-refractivity contribution in [3.8, 4) is 0 Å². The van der Waals surface area contributed by atoms with Gasteiger partial charge in [0.1, 0.15) is 0 Å². The summed E-state index contributed by atoms with van der Waals surface area (Å²) in [7, 11) is 1.81. The predicted octanol–water partition coefficient (Wildman–Crippen LogP) is 2.50. The minimum atomic E-state index is 0.781.